The van der Waals surface area contributed by atoms with Crippen molar-refractivity contribution in [1.29, 1.82) is 0 Å². The largest absolute Gasteiger partial charge is 0.573 e. The van der Waals surface area contributed by atoms with E-state index in [2.05, 4.69) is 10.1 Å². The molecule has 1 aromatic rings. The van der Waals surface area contributed by atoms with Crippen LogP contribution in [-0.2, 0) is 11.3 Å². The van der Waals surface area contributed by atoms with Crippen LogP contribution in [0.25, 0.3) is 0 Å². The number of nitrogens with zero attached hydrogens (tertiary/aromatic N) is 1. The topological polar surface area (TPSA) is 61.8 Å². The molecule has 0 unspecified atom stereocenters. The molecule has 0 spiro atoms. The third kappa shape index (κ3) is 4.60. The van der Waals surface area contributed by atoms with Crippen molar-refractivity contribution in [3.63, 3.8) is 0 Å². The van der Waals surface area contributed by atoms with Gasteiger partial charge in [-0.25, -0.2) is 0 Å². The van der Waals surface area contributed by atoms with E-state index in [0.29, 0.717) is 18.5 Å². The van der Waals surface area contributed by atoms with Gasteiger partial charge < -0.3 is 20.1 Å². The van der Waals surface area contributed by atoms with Crippen LogP contribution >= 0.6 is 0 Å². The van der Waals surface area contributed by atoms with Gasteiger partial charge in [0.15, 0.2) is 0 Å². The van der Waals surface area contributed by atoms with E-state index < -0.39 is 18.5 Å². The maximum atomic E-state index is 12.1. The highest BCUT2D eigenvalue weighted by Gasteiger charge is 2.31. The lowest BCUT2D eigenvalue weighted by Crippen LogP contribution is -2.41. The number of carbonyl (C=O) groups excluding carboxylic acids is 1. The van der Waals surface area contributed by atoms with Crippen molar-refractivity contribution in [3.8, 4) is 5.75 Å². The third-order valence-corrected chi connectivity index (χ3v) is 3.36. The zero-order chi connectivity index (χ0) is 16.3. The van der Waals surface area contributed by atoms with E-state index in [1.807, 2.05) is 0 Å². The Kier molecular flexibility index (Phi) is 4.92. The Balaban J connectivity index is 1.91. The molecule has 1 aromatic carbocycles. The van der Waals surface area contributed by atoms with Gasteiger partial charge >= 0.3 is 6.36 Å². The summed E-state index contributed by atoms with van der Waals surface area (Å²) < 4.78 is 40.0. The Morgan fingerprint density at radius 3 is 2.55 bits per heavy atom. The number of carbonyl (C=O) groups is 1. The summed E-state index contributed by atoms with van der Waals surface area (Å²) in [5, 5.41) is 12.3. The molecule has 2 atom stereocenters. The highest BCUT2D eigenvalue weighted by molar-refractivity contribution is 5.82. The summed E-state index contributed by atoms with van der Waals surface area (Å²) in [4.78, 5) is 13.6. The number of nitrogens with one attached hydrogen (secondary N) is 1. The molecule has 2 rings (SSSR count). The van der Waals surface area contributed by atoms with Crippen LogP contribution < -0.4 is 10.1 Å². The molecule has 2 N–H and O–H groups in total. The van der Waals surface area contributed by atoms with Crippen LogP contribution in [0.4, 0.5) is 13.2 Å². The first-order chi connectivity index (χ1) is 10.2. The van der Waals surface area contributed by atoms with Crippen LogP contribution in [-0.4, -0.2) is 48.0 Å². The summed E-state index contributed by atoms with van der Waals surface area (Å²) in [5.74, 6) is -0.460. The highest BCUT2D eigenvalue weighted by Crippen LogP contribution is 2.23. The van der Waals surface area contributed by atoms with E-state index in [0.717, 1.165) is 0 Å². The van der Waals surface area contributed by atoms with Gasteiger partial charge in [0, 0.05) is 20.1 Å². The number of benzene rings is 1. The lowest BCUT2D eigenvalue weighted by Gasteiger charge is -2.21. The molecule has 0 aliphatic carbocycles. The van der Waals surface area contributed by atoms with E-state index in [9.17, 15) is 23.1 Å². The monoisotopic (exact) mass is 318 g/mol. The van der Waals surface area contributed by atoms with Gasteiger partial charge in [0.1, 0.15) is 5.75 Å². The molecule has 0 radical (unpaired) electrons. The Hall–Kier alpha value is -1.80. The van der Waals surface area contributed by atoms with E-state index in [4.69, 9.17) is 0 Å². The molecule has 8 heteroatoms. The molecule has 1 aliphatic rings. The lowest BCUT2D eigenvalue weighted by atomic mass is 10.1. The molecule has 1 amide bonds. The van der Waals surface area contributed by atoms with Gasteiger partial charge in [-0.15, -0.1) is 13.2 Å². The number of ether oxygens (including phenoxy) is 1. The fourth-order valence-corrected chi connectivity index (χ4v) is 2.32. The van der Waals surface area contributed by atoms with E-state index >= 15 is 0 Å². The van der Waals surface area contributed by atoms with Gasteiger partial charge in [-0.1, -0.05) is 12.1 Å². The van der Waals surface area contributed by atoms with E-state index in [1.54, 1.807) is 7.05 Å². The summed E-state index contributed by atoms with van der Waals surface area (Å²) in [7, 11) is 1.61. The van der Waals surface area contributed by atoms with Gasteiger partial charge in [0.05, 0.1) is 12.1 Å². The summed E-state index contributed by atoms with van der Waals surface area (Å²) in [6, 6.07) is 4.94. The van der Waals surface area contributed by atoms with Gasteiger partial charge in [-0.2, -0.15) is 0 Å². The Morgan fingerprint density at radius 1 is 1.41 bits per heavy atom. The van der Waals surface area contributed by atoms with Gasteiger partial charge in [0.2, 0.25) is 5.91 Å². The molecular formula is C14H17F3N2O3. The number of aliphatic hydroxyl groups excluding tert-OH is 1. The van der Waals surface area contributed by atoms with Crippen molar-refractivity contribution in [1.82, 2.24) is 10.2 Å². The summed E-state index contributed by atoms with van der Waals surface area (Å²) >= 11 is 0. The van der Waals surface area contributed by atoms with Crippen molar-refractivity contribution in [2.45, 2.75) is 31.5 Å². The number of likely N-dealkylation sites (N-methyl/N-ethyl adjacent to an activating group) is 1. The third-order valence-electron chi connectivity index (χ3n) is 3.36. The lowest BCUT2D eigenvalue weighted by molar-refractivity contribution is -0.274. The zero-order valence-electron chi connectivity index (χ0n) is 11.9. The predicted octanol–water partition coefficient (Wildman–Crippen LogP) is 1.27. The van der Waals surface area contributed by atoms with Crippen molar-refractivity contribution < 1.29 is 27.8 Å². The zero-order valence-corrected chi connectivity index (χ0v) is 11.9. The molecule has 1 aliphatic heterocycles. The smallest absolute Gasteiger partial charge is 0.406 e. The summed E-state index contributed by atoms with van der Waals surface area (Å²) in [6.07, 6.45) is -4.88. The second-order valence-corrected chi connectivity index (χ2v) is 5.24. The van der Waals surface area contributed by atoms with Crippen molar-refractivity contribution >= 4 is 5.91 Å². The van der Waals surface area contributed by atoms with Crippen LogP contribution in [0, 0.1) is 0 Å². The second kappa shape index (κ2) is 6.53. The number of amides is 1. The number of rotatable bonds is 4. The quantitative estimate of drug-likeness (QED) is 0.878. The molecule has 22 heavy (non-hydrogen) atoms. The molecular weight excluding hydrogens is 301 g/mol. The predicted molar refractivity (Wildman–Crippen MR) is 72.0 cm³/mol. The number of hydrogen-bond donors (Lipinski definition) is 2. The summed E-state index contributed by atoms with van der Waals surface area (Å²) in [5.41, 5.74) is 0.684. The molecule has 122 valence electrons. The minimum Gasteiger partial charge on any atom is -0.406 e. The Bertz CT molecular complexity index is 519. The van der Waals surface area contributed by atoms with Gasteiger partial charge in [0.25, 0.3) is 0 Å². The molecule has 1 saturated heterocycles. The average Bonchev–Trinajstić information content (AvgIpc) is 2.85. The number of halogens is 3. The number of hydrogen-bond acceptors (Lipinski definition) is 4. The molecule has 0 bridgehead atoms. The van der Waals surface area contributed by atoms with Gasteiger partial charge in [-0.05, 0) is 24.1 Å². The second-order valence-electron chi connectivity index (χ2n) is 5.24. The highest BCUT2D eigenvalue weighted by atomic mass is 19.4. The Labute approximate surface area is 125 Å². The number of aliphatic hydroxyl groups is 1. The molecule has 1 fully saturated rings. The van der Waals surface area contributed by atoms with Crippen LogP contribution in [0.5, 0.6) is 5.75 Å². The number of β-amino-alcohol motifs (C(OH)–C–C–N with tert-alkyl or cyclic N) is 1. The number of alkyl halides is 3. The van der Waals surface area contributed by atoms with Crippen LogP contribution in [0.15, 0.2) is 24.3 Å². The first kappa shape index (κ1) is 16.6. The maximum Gasteiger partial charge on any atom is 0.573 e. The van der Waals surface area contributed by atoms with Crippen molar-refractivity contribution in [2.24, 2.45) is 0 Å². The normalized spacial score (nSPS) is 21.7. The minimum atomic E-state index is -4.72. The first-order valence-corrected chi connectivity index (χ1v) is 6.76. The fourth-order valence-electron chi connectivity index (χ4n) is 2.32. The van der Waals surface area contributed by atoms with Crippen LogP contribution in [0.2, 0.25) is 0 Å². The summed E-state index contributed by atoms with van der Waals surface area (Å²) in [6.45, 7) is 0.646. The first-order valence-electron chi connectivity index (χ1n) is 6.76. The van der Waals surface area contributed by atoms with E-state index in [1.165, 1.54) is 29.2 Å². The maximum absolute atomic E-state index is 12.1. The molecule has 0 saturated carbocycles. The van der Waals surface area contributed by atoms with Crippen LogP contribution in [0.1, 0.15) is 12.0 Å². The SMILES string of the molecule is CN(Cc1ccc(OC(F)(F)F)cc1)C(=O)[C@H]1C[C@H](O)CN1. The molecule has 5 nitrogen and oxygen atoms in total. The molecule has 0 aromatic heterocycles. The molecule has 1 heterocycles. The Morgan fingerprint density at radius 2 is 2.05 bits per heavy atom. The van der Waals surface area contributed by atoms with Crippen molar-refractivity contribution in [3.05, 3.63) is 29.8 Å². The van der Waals surface area contributed by atoms with Crippen LogP contribution in [0.3, 0.4) is 0 Å². The average molecular weight is 318 g/mol. The minimum absolute atomic E-state index is 0.160. The standard InChI is InChI=1S/C14H17F3N2O3/c1-19(13(21)12-6-10(20)7-18-12)8-9-2-4-11(5-3-9)22-14(15,16)17/h2-5,10,12,18,20H,6-8H2,1H3/t10-,12+/m0/s1. The van der Waals surface area contributed by atoms with Crippen molar-refractivity contribution in [2.75, 3.05) is 13.6 Å². The van der Waals surface area contributed by atoms with Gasteiger partial charge in [-0.3, -0.25) is 4.79 Å². The fraction of sp³-hybridized carbons (Fsp3) is 0.500. The van der Waals surface area contributed by atoms with E-state index in [-0.39, 0.29) is 18.2 Å².